The van der Waals surface area contributed by atoms with E-state index in [0.717, 1.165) is 4.31 Å². The van der Waals surface area contributed by atoms with Gasteiger partial charge in [0.2, 0.25) is 10.0 Å². The van der Waals surface area contributed by atoms with Gasteiger partial charge in [0.1, 0.15) is 0 Å². The number of rotatable bonds is 4. The van der Waals surface area contributed by atoms with E-state index in [2.05, 4.69) is 4.74 Å². The number of benzene rings is 1. The van der Waals surface area contributed by atoms with E-state index in [9.17, 15) is 18.0 Å². The molecule has 22 heavy (non-hydrogen) atoms. The fraction of sp³-hybridized carbons (Fsp3) is 0.429. The third kappa shape index (κ3) is 2.84. The first-order chi connectivity index (χ1) is 10.3. The van der Waals surface area contributed by atoms with Crippen LogP contribution in [0, 0.1) is 12.8 Å². The highest BCUT2D eigenvalue weighted by Crippen LogP contribution is 2.27. The monoisotopic (exact) mass is 327 g/mol. The normalized spacial score (nSPS) is 19.1. The van der Waals surface area contributed by atoms with Crippen LogP contribution in [-0.4, -0.2) is 50.0 Å². The third-order valence-electron chi connectivity index (χ3n) is 3.81. The first kappa shape index (κ1) is 16.4. The van der Waals surface area contributed by atoms with Crippen molar-refractivity contribution in [3.8, 4) is 0 Å². The molecule has 7 nitrogen and oxygen atoms in total. The summed E-state index contributed by atoms with van der Waals surface area (Å²) in [4.78, 5) is 22.6. The predicted molar refractivity (Wildman–Crippen MR) is 77.0 cm³/mol. The van der Waals surface area contributed by atoms with Crippen molar-refractivity contribution in [1.82, 2.24) is 4.31 Å². The Hall–Kier alpha value is -1.93. The minimum atomic E-state index is -3.84. The molecule has 0 radical (unpaired) electrons. The minimum absolute atomic E-state index is 0.00133. The molecule has 1 aromatic rings. The topological polar surface area (TPSA) is 101 Å². The molecular weight excluding hydrogens is 310 g/mol. The summed E-state index contributed by atoms with van der Waals surface area (Å²) in [5.74, 6) is -2.31. The number of hydrogen-bond donors (Lipinski definition) is 1. The number of carboxylic acids is 1. The zero-order valence-electron chi connectivity index (χ0n) is 12.3. The summed E-state index contributed by atoms with van der Waals surface area (Å²) >= 11 is 0. The van der Waals surface area contributed by atoms with Crippen LogP contribution >= 0.6 is 0 Å². The molecule has 1 saturated heterocycles. The molecule has 120 valence electrons. The summed E-state index contributed by atoms with van der Waals surface area (Å²) in [7, 11) is -2.61. The Balaban J connectivity index is 2.39. The van der Waals surface area contributed by atoms with Crippen molar-refractivity contribution in [3.05, 3.63) is 29.3 Å². The Bertz CT molecular complexity index is 712. The Kier molecular flexibility index (Phi) is 4.52. The molecule has 8 heteroatoms. The average Bonchev–Trinajstić information content (AvgIpc) is 2.97. The molecule has 2 rings (SSSR count). The van der Waals surface area contributed by atoms with Gasteiger partial charge in [0.25, 0.3) is 0 Å². The summed E-state index contributed by atoms with van der Waals surface area (Å²) in [6.07, 6.45) is 0.282. The number of ether oxygens (including phenoxy) is 1. The number of hydrogen-bond acceptors (Lipinski definition) is 5. The molecule has 1 heterocycles. The first-order valence-corrected chi connectivity index (χ1v) is 8.14. The largest absolute Gasteiger partial charge is 0.481 e. The van der Waals surface area contributed by atoms with Crippen LogP contribution in [0.15, 0.2) is 23.1 Å². The maximum atomic E-state index is 12.7. The summed E-state index contributed by atoms with van der Waals surface area (Å²) in [6, 6.07) is 4.37. The molecule has 1 unspecified atom stereocenters. The minimum Gasteiger partial charge on any atom is -0.481 e. The number of carbonyl (C=O) groups is 2. The van der Waals surface area contributed by atoms with Gasteiger partial charge in [0, 0.05) is 13.1 Å². The molecule has 0 aromatic heterocycles. The molecule has 0 aliphatic carbocycles. The predicted octanol–water partition coefficient (Wildman–Crippen LogP) is 0.877. The Morgan fingerprint density at radius 1 is 1.36 bits per heavy atom. The number of sulfonamides is 1. The van der Waals surface area contributed by atoms with Crippen molar-refractivity contribution in [2.45, 2.75) is 18.2 Å². The van der Waals surface area contributed by atoms with E-state index in [1.165, 1.54) is 32.2 Å². The highest BCUT2D eigenvalue weighted by molar-refractivity contribution is 7.89. The highest BCUT2D eigenvalue weighted by atomic mass is 32.2. The van der Waals surface area contributed by atoms with Gasteiger partial charge in [-0.3, -0.25) is 4.79 Å². The molecule has 1 fully saturated rings. The number of esters is 1. The molecule has 1 N–H and O–H groups in total. The van der Waals surface area contributed by atoms with Crippen molar-refractivity contribution >= 4 is 22.0 Å². The Morgan fingerprint density at radius 3 is 2.59 bits per heavy atom. The number of methoxy groups -OCH3 is 1. The van der Waals surface area contributed by atoms with Gasteiger partial charge in [-0.2, -0.15) is 4.31 Å². The second-order valence-electron chi connectivity index (χ2n) is 5.11. The number of carboxylic acid groups (broad SMARTS) is 1. The number of aliphatic carboxylic acids is 1. The Morgan fingerprint density at radius 2 is 2.05 bits per heavy atom. The standard InChI is InChI=1S/C14H17NO6S/c1-9-11(14(18)21-2)4-3-5-12(9)22(19,20)15-7-6-10(8-15)13(16)17/h3-5,10H,6-8H2,1-2H3,(H,16,17). The fourth-order valence-electron chi connectivity index (χ4n) is 2.51. The van der Waals surface area contributed by atoms with Gasteiger partial charge in [-0.25, -0.2) is 13.2 Å². The molecule has 1 atom stereocenters. The maximum absolute atomic E-state index is 12.7. The lowest BCUT2D eigenvalue weighted by atomic mass is 10.1. The molecule has 0 amide bonds. The smallest absolute Gasteiger partial charge is 0.338 e. The van der Waals surface area contributed by atoms with Crippen molar-refractivity contribution in [2.75, 3.05) is 20.2 Å². The summed E-state index contributed by atoms with van der Waals surface area (Å²) in [6.45, 7) is 1.63. The second-order valence-corrected chi connectivity index (χ2v) is 7.01. The van der Waals surface area contributed by atoms with Gasteiger partial charge < -0.3 is 9.84 Å². The molecular formula is C14H17NO6S. The third-order valence-corrected chi connectivity index (χ3v) is 5.82. The van der Waals surface area contributed by atoms with Crippen molar-refractivity contribution in [1.29, 1.82) is 0 Å². The van der Waals surface area contributed by atoms with Crippen LogP contribution < -0.4 is 0 Å². The molecule has 0 spiro atoms. The van der Waals surface area contributed by atoms with Crippen molar-refractivity contribution < 1.29 is 27.9 Å². The number of nitrogens with zero attached hydrogens (tertiary/aromatic N) is 1. The fourth-order valence-corrected chi connectivity index (χ4v) is 4.26. The van der Waals surface area contributed by atoms with E-state index >= 15 is 0 Å². The highest BCUT2D eigenvalue weighted by Gasteiger charge is 2.36. The van der Waals surface area contributed by atoms with E-state index in [1.54, 1.807) is 0 Å². The van der Waals surface area contributed by atoms with Gasteiger partial charge in [0.15, 0.2) is 0 Å². The first-order valence-electron chi connectivity index (χ1n) is 6.70. The second kappa shape index (κ2) is 6.05. The quantitative estimate of drug-likeness (QED) is 0.824. The lowest BCUT2D eigenvalue weighted by Gasteiger charge is -2.18. The van der Waals surface area contributed by atoms with Crippen LogP contribution in [0.25, 0.3) is 0 Å². The lowest BCUT2D eigenvalue weighted by molar-refractivity contribution is -0.141. The molecule has 0 saturated carbocycles. The SMILES string of the molecule is COC(=O)c1cccc(S(=O)(=O)N2CCC(C(=O)O)C2)c1C. The average molecular weight is 327 g/mol. The van der Waals surface area contributed by atoms with E-state index in [0.29, 0.717) is 5.56 Å². The van der Waals surface area contributed by atoms with Gasteiger partial charge in [0.05, 0.1) is 23.5 Å². The van der Waals surface area contributed by atoms with Crippen LogP contribution in [0.4, 0.5) is 0 Å². The zero-order chi connectivity index (χ0) is 16.5. The van der Waals surface area contributed by atoms with Crippen LogP contribution in [-0.2, 0) is 19.6 Å². The van der Waals surface area contributed by atoms with Crippen molar-refractivity contribution in [3.63, 3.8) is 0 Å². The molecule has 1 aromatic carbocycles. The summed E-state index contributed by atoms with van der Waals surface area (Å²) < 4.78 is 31.1. The van der Waals surface area contributed by atoms with Gasteiger partial charge in [-0.15, -0.1) is 0 Å². The van der Waals surface area contributed by atoms with Gasteiger partial charge in [-0.05, 0) is 31.0 Å². The van der Waals surface area contributed by atoms with Gasteiger partial charge in [-0.1, -0.05) is 6.07 Å². The van der Waals surface area contributed by atoms with Crippen LogP contribution in [0.2, 0.25) is 0 Å². The van der Waals surface area contributed by atoms with E-state index < -0.39 is 27.9 Å². The Labute approximate surface area is 128 Å². The van der Waals surface area contributed by atoms with Gasteiger partial charge >= 0.3 is 11.9 Å². The van der Waals surface area contributed by atoms with Crippen molar-refractivity contribution in [2.24, 2.45) is 5.92 Å². The van der Waals surface area contributed by atoms with E-state index in [1.807, 2.05) is 0 Å². The van der Waals surface area contributed by atoms with E-state index in [-0.39, 0.29) is 30.0 Å². The van der Waals surface area contributed by atoms with E-state index in [4.69, 9.17) is 5.11 Å². The van der Waals surface area contributed by atoms with Crippen LogP contribution in [0.1, 0.15) is 22.3 Å². The lowest BCUT2D eigenvalue weighted by Crippen LogP contribution is -2.30. The zero-order valence-corrected chi connectivity index (χ0v) is 13.1. The van der Waals surface area contributed by atoms with Crippen LogP contribution in [0.3, 0.4) is 0 Å². The molecule has 1 aliphatic heterocycles. The maximum Gasteiger partial charge on any atom is 0.338 e. The summed E-state index contributed by atoms with van der Waals surface area (Å²) in [5.41, 5.74) is 0.477. The number of carbonyl (C=O) groups excluding carboxylic acids is 1. The molecule has 0 bridgehead atoms. The van der Waals surface area contributed by atoms with Crippen LogP contribution in [0.5, 0.6) is 0 Å². The summed E-state index contributed by atoms with van der Waals surface area (Å²) in [5, 5.41) is 8.99. The molecule has 1 aliphatic rings.